The molecule has 5 N–H and O–H groups in total. The van der Waals surface area contributed by atoms with Crippen LogP contribution in [0, 0.1) is 0 Å². The van der Waals surface area contributed by atoms with Gasteiger partial charge in [0.15, 0.2) is 0 Å². The molecule has 1 saturated heterocycles. The molecule has 5 atom stereocenters. The maximum atomic E-state index is 11.7. The molecule has 2 unspecified atom stereocenters. The lowest BCUT2D eigenvalue weighted by atomic mass is 9.92. The maximum absolute atomic E-state index is 11.7. The second-order valence-corrected chi connectivity index (χ2v) is 5.23. The Bertz CT molecular complexity index is 362. The third-order valence-corrected chi connectivity index (χ3v) is 3.44. The van der Waals surface area contributed by atoms with Crippen LogP contribution in [0.15, 0.2) is 0 Å². The number of ketones is 1. The highest BCUT2D eigenvalue weighted by Crippen LogP contribution is 2.20. The van der Waals surface area contributed by atoms with Crippen LogP contribution in [0.4, 0.5) is 0 Å². The lowest BCUT2D eigenvalue weighted by molar-refractivity contribution is -0.157. The van der Waals surface area contributed by atoms with Gasteiger partial charge in [0.25, 0.3) is 0 Å². The Balaban J connectivity index is 2.68. The molecule has 1 fully saturated rings. The van der Waals surface area contributed by atoms with E-state index in [0.29, 0.717) is 0 Å². The summed E-state index contributed by atoms with van der Waals surface area (Å²) in [4.78, 5) is 22.6. The number of ether oxygens (including phenoxy) is 1. The average Bonchev–Trinajstić information content (AvgIpc) is 2.45. The summed E-state index contributed by atoms with van der Waals surface area (Å²) in [6.45, 7) is 0.874. The Hall–Kier alpha value is -1.06. The van der Waals surface area contributed by atoms with Gasteiger partial charge in [-0.25, -0.2) is 0 Å². The molecule has 1 amide bonds. The van der Waals surface area contributed by atoms with Crippen molar-refractivity contribution in [1.82, 2.24) is 5.32 Å². The Kier molecular flexibility index (Phi) is 7.20. The predicted molar refractivity (Wildman–Crippen MR) is 71.3 cm³/mol. The van der Waals surface area contributed by atoms with Crippen molar-refractivity contribution < 1.29 is 34.8 Å². The first-order valence-electron chi connectivity index (χ1n) is 6.92. The van der Waals surface area contributed by atoms with Crippen LogP contribution in [-0.2, 0) is 14.3 Å². The molecule has 122 valence electrons. The van der Waals surface area contributed by atoms with Gasteiger partial charge >= 0.3 is 0 Å². The smallest absolute Gasteiger partial charge is 0.220 e. The van der Waals surface area contributed by atoms with Crippen molar-refractivity contribution in [2.75, 3.05) is 13.2 Å². The summed E-state index contributed by atoms with van der Waals surface area (Å²) >= 11 is 0. The number of rotatable bonds is 7. The van der Waals surface area contributed by atoms with E-state index in [2.05, 4.69) is 5.32 Å². The highest BCUT2D eigenvalue weighted by Gasteiger charge is 2.40. The number of carbonyl (C=O) groups is 2. The molecule has 0 aliphatic carbocycles. The molecule has 1 heterocycles. The summed E-state index contributed by atoms with van der Waals surface area (Å²) in [5.74, 6) is -0.576. The van der Waals surface area contributed by atoms with Gasteiger partial charge in [-0.3, -0.25) is 4.79 Å². The molecular formula is C13H23NO7. The molecule has 0 saturated carbocycles. The fraction of sp³-hybridized carbons (Fsp3) is 0.846. The molecule has 0 bridgehead atoms. The number of carbonyl (C=O) groups excluding carboxylic acids is 2. The monoisotopic (exact) mass is 305 g/mol. The van der Waals surface area contributed by atoms with Crippen molar-refractivity contribution in [1.29, 1.82) is 0 Å². The van der Waals surface area contributed by atoms with E-state index in [9.17, 15) is 24.9 Å². The van der Waals surface area contributed by atoms with Crippen LogP contribution in [0.25, 0.3) is 0 Å². The van der Waals surface area contributed by atoms with E-state index in [4.69, 9.17) is 9.84 Å². The maximum Gasteiger partial charge on any atom is 0.220 e. The van der Waals surface area contributed by atoms with Crippen LogP contribution in [0.5, 0.6) is 0 Å². The van der Waals surface area contributed by atoms with Gasteiger partial charge in [0, 0.05) is 19.4 Å². The van der Waals surface area contributed by atoms with E-state index in [1.54, 1.807) is 0 Å². The highest BCUT2D eigenvalue weighted by atomic mass is 16.5. The highest BCUT2D eigenvalue weighted by molar-refractivity contribution is 5.83. The van der Waals surface area contributed by atoms with E-state index in [1.165, 1.54) is 6.92 Å². The van der Waals surface area contributed by atoms with E-state index in [1.807, 2.05) is 0 Å². The number of aliphatic hydroxyl groups is 4. The molecule has 21 heavy (non-hydrogen) atoms. The van der Waals surface area contributed by atoms with Gasteiger partial charge in [-0.05, 0) is 13.3 Å². The summed E-state index contributed by atoms with van der Waals surface area (Å²) in [5, 5.41) is 40.7. The summed E-state index contributed by atoms with van der Waals surface area (Å²) in [7, 11) is 0. The summed E-state index contributed by atoms with van der Waals surface area (Å²) in [6, 6.07) is -0.908. The van der Waals surface area contributed by atoms with Crippen LogP contribution < -0.4 is 5.32 Å². The molecule has 0 aromatic heterocycles. The average molecular weight is 305 g/mol. The normalized spacial score (nSPS) is 28.7. The van der Waals surface area contributed by atoms with Gasteiger partial charge in [0.05, 0.1) is 18.8 Å². The van der Waals surface area contributed by atoms with Crippen molar-refractivity contribution in [3.63, 3.8) is 0 Å². The SMILES string of the molecule is CC(=O)CCC(=O)N[C@@H]1C(O)CCOC1[C@H](O)[C@H](O)CO. The van der Waals surface area contributed by atoms with Gasteiger partial charge in [0.1, 0.15) is 24.1 Å². The Morgan fingerprint density at radius 1 is 1.33 bits per heavy atom. The van der Waals surface area contributed by atoms with E-state index in [-0.39, 0.29) is 31.7 Å². The van der Waals surface area contributed by atoms with Crippen molar-refractivity contribution in [3.05, 3.63) is 0 Å². The topological polar surface area (TPSA) is 136 Å². The quantitative estimate of drug-likeness (QED) is 0.357. The zero-order chi connectivity index (χ0) is 16.0. The minimum atomic E-state index is -1.44. The summed E-state index contributed by atoms with van der Waals surface area (Å²) in [6.07, 6.45) is -4.51. The lowest BCUT2D eigenvalue weighted by Gasteiger charge is -2.39. The van der Waals surface area contributed by atoms with E-state index >= 15 is 0 Å². The van der Waals surface area contributed by atoms with Crippen LogP contribution in [-0.4, -0.2) is 75.8 Å². The predicted octanol–water partition coefficient (Wildman–Crippen LogP) is -2.30. The molecule has 1 rings (SSSR count). The van der Waals surface area contributed by atoms with Gasteiger partial charge in [-0.1, -0.05) is 0 Å². The summed E-state index contributed by atoms with van der Waals surface area (Å²) in [5.41, 5.74) is 0. The molecule has 0 aromatic carbocycles. The third-order valence-electron chi connectivity index (χ3n) is 3.44. The number of amides is 1. The zero-order valence-corrected chi connectivity index (χ0v) is 11.9. The summed E-state index contributed by atoms with van der Waals surface area (Å²) < 4.78 is 5.31. The van der Waals surface area contributed by atoms with Crippen molar-refractivity contribution in [2.24, 2.45) is 0 Å². The Morgan fingerprint density at radius 2 is 2.00 bits per heavy atom. The molecule has 0 radical (unpaired) electrons. The van der Waals surface area contributed by atoms with Crippen LogP contribution in [0.1, 0.15) is 26.2 Å². The first kappa shape index (κ1) is 18.0. The first-order chi connectivity index (χ1) is 9.86. The lowest BCUT2D eigenvalue weighted by Crippen LogP contribution is -2.61. The molecule has 8 heteroatoms. The first-order valence-corrected chi connectivity index (χ1v) is 6.92. The number of hydrogen-bond acceptors (Lipinski definition) is 7. The minimum absolute atomic E-state index is 0.0239. The van der Waals surface area contributed by atoms with Crippen LogP contribution >= 0.6 is 0 Å². The molecule has 0 aromatic rings. The van der Waals surface area contributed by atoms with E-state index < -0.39 is 43.0 Å². The third kappa shape index (κ3) is 5.33. The molecule has 1 aliphatic heterocycles. The van der Waals surface area contributed by atoms with E-state index in [0.717, 1.165) is 0 Å². The van der Waals surface area contributed by atoms with Crippen LogP contribution in [0.2, 0.25) is 0 Å². The second kappa shape index (κ2) is 8.40. The van der Waals surface area contributed by atoms with Crippen molar-refractivity contribution >= 4 is 11.7 Å². The fourth-order valence-corrected chi connectivity index (χ4v) is 2.19. The number of hydrogen-bond donors (Lipinski definition) is 5. The largest absolute Gasteiger partial charge is 0.394 e. The van der Waals surface area contributed by atoms with Gasteiger partial charge in [0.2, 0.25) is 5.91 Å². The van der Waals surface area contributed by atoms with Gasteiger partial charge in [-0.2, -0.15) is 0 Å². The van der Waals surface area contributed by atoms with Gasteiger partial charge in [-0.15, -0.1) is 0 Å². The van der Waals surface area contributed by atoms with Crippen molar-refractivity contribution in [3.8, 4) is 0 Å². The minimum Gasteiger partial charge on any atom is -0.394 e. The standard InChI is InChI=1S/C13H23NO7/c1-7(16)2-3-10(19)14-11-8(17)4-5-21-13(11)12(20)9(18)6-15/h8-9,11-13,15,17-18,20H,2-6H2,1H3,(H,14,19)/t8?,9-,11-,12-,13?/m1/s1. The molecule has 1 aliphatic rings. The molecule has 0 spiro atoms. The zero-order valence-electron chi connectivity index (χ0n) is 11.9. The fourth-order valence-electron chi connectivity index (χ4n) is 2.19. The van der Waals surface area contributed by atoms with Crippen LogP contribution in [0.3, 0.4) is 0 Å². The molecular weight excluding hydrogens is 282 g/mol. The Labute approximate surface area is 122 Å². The second-order valence-electron chi connectivity index (χ2n) is 5.23. The number of Topliss-reactive ketones (excluding diaryl/α,β-unsaturated/α-hetero) is 1. The number of aliphatic hydroxyl groups excluding tert-OH is 4. The number of nitrogens with one attached hydrogen (secondary N) is 1. The molecule has 8 nitrogen and oxygen atoms in total. The Morgan fingerprint density at radius 3 is 2.57 bits per heavy atom. The van der Waals surface area contributed by atoms with Gasteiger partial charge < -0.3 is 35.3 Å². The van der Waals surface area contributed by atoms with Crippen molar-refractivity contribution in [2.45, 2.75) is 56.6 Å².